The van der Waals surface area contributed by atoms with E-state index in [0.29, 0.717) is 17.9 Å². The van der Waals surface area contributed by atoms with Crippen LogP contribution in [0.4, 0.5) is 0 Å². The normalized spacial score (nSPS) is 11.1. The molecule has 1 aromatic carbocycles. The van der Waals surface area contributed by atoms with E-state index < -0.39 is 0 Å². The summed E-state index contributed by atoms with van der Waals surface area (Å²) in [4.78, 5) is 0. The van der Waals surface area contributed by atoms with E-state index >= 15 is 0 Å². The molecule has 2 nitrogen and oxygen atoms in total. The van der Waals surface area contributed by atoms with Crippen molar-refractivity contribution in [1.82, 2.24) is 0 Å². The van der Waals surface area contributed by atoms with E-state index in [2.05, 4.69) is 65.8 Å². The van der Waals surface area contributed by atoms with E-state index in [-0.39, 0.29) is 6.10 Å². The predicted molar refractivity (Wildman–Crippen MR) is 96.7 cm³/mol. The molecule has 0 aliphatic heterocycles. The molecule has 0 heterocycles. The van der Waals surface area contributed by atoms with Crippen molar-refractivity contribution in [2.75, 3.05) is 6.61 Å². The second-order valence-electron chi connectivity index (χ2n) is 7.18. The third kappa shape index (κ3) is 12.7. The zero-order valence-corrected chi connectivity index (χ0v) is 15.8. The van der Waals surface area contributed by atoms with Crippen LogP contribution in [-0.4, -0.2) is 18.8 Å². The third-order valence-corrected chi connectivity index (χ3v) is 2.70. The maximum Gasteiger partial charge on any atom is 0.119 e. The van der Waals surface area contributed by atoms with Crippen molar-refractivity contribution >= 4 is 0 Å². The molecule has 22 heavy (non-hydrogen) atoms. The van der Waals surface area contributed by atoms with Crippen molar-refractivity contribution in [2.45, 2.75) is 74.0 Å². The van der Waals surface area contributed by atoms with E-state index in [1.54, 1.807) is 0 Å². The van der Waals surface area contributed by atoms with E-state index in [1.807, 2.05) is 13.8 Å². The average Bonchev–Trinajstić information content (AvgIpc) is 2.38. The molecule has 0 aromatic heterocycles. The first-order valence-electron chi connectivity index (χ1n) is 8.57. The summed E-state index contributed by atoms with van der Waals surface area (Å²) in [6, 6.07) is 8.41. The van der Waals surface area contributed by atoms with Gasteiger partial charge in [-0.2, -0.15) is 0 Å². The Morgan fingerprint density at radius 2 is 1.27 bits per heavy atom. The fourth-order valence-electron chi connectivity index (χ4n) is 1.83. The van der Waals surface area contributed by atoms with Gasteiger partial charge in [0.2, 0.25) is 0 Å². The van der Waals surface area contributed by atoms with Crippen molar-refractivity contribution < 1.29 is 9.47 Å². The van der Waals surface area contributed by atoms with Gasteiger partial charge in [0.05, 0.1) is 12.2 Å². The number of benzene rings is 1. The Labute approximate surface area is 138 Å². The van der Waals surface area contributed by atoms with Gasteiger partial charge in [-0.3, -0.25) is 0 Å². The minimum atomic E-state index is 0.256. The minimum Gasteiger partial charge on any atom is -0.491 e. The van der Waals surface area contributed by atoms with Crippen molar-refractivity contribution in [1.29, 1.82) is 0 Å². The van der Waals surface area contributed by atoms with Crippen molar-refractivity contribution in [2.24, 2.45) is 11.8 Å². The summed E-state index contributed by atoms with van der Waals surface area (Å²) >= 11 is 0. The number of hydrogen-bond acceptors (Lipinski definition) is 2. The van der Waals surface area contributed by atoms with Crippen LogP contribution in [-0.2, 0) is 11.2 Å². The van der Waals surface area contributed by atoms with Gasteiger partial charge in [0, 0.05) is 6.61 Å². The summed E-state index contributed by atoms with van der Waals surface area (Å²) in [5, 5.41) is 0. The molecule has 0 atom stereocenters. The molecule has 0 amide bonds. The zero-order chi connectivity index (χ0) is 17.1. The van der Waals surface area contributed by atoms with E-state index in [4.69, 9.17) is 9.47 Å². The van der Waals surface area contributed by atoms with Crippen LogP contribution in [0.5, 0.6) is 5.75 Å². The lowest BCUT2D eigenvalue weighted by atomic mass is 10.0. The second-order valence-corrected chi connectivity index (χ2v) is 7.18. The van der Waals surface area contributed by atoms with Crippen molar-refractivity contribution in [3.8, 4) is 5.75 Å². The van der Waals surface area contributed by atoms with Gasteiger partial charge >= 0.3 is 0 Å². The fourth-order valence-corrected chi connectivity index (χ4v) is 1.83. The van der Waals surface area contributed by atoms with E-state index in [9.17, 15) is 0 Å². The molecule has 0 aliphatic rings. The molecule has 0 bridgehead atoms. The minimum absolute atomic E-state index is 0.256. The Balaban J connectivity index is 0.000000472. The second kappa shape index (κ2) is 11.5. The molecule has 0 aliphatic carbocycles. The Bertz CT molecular complexity index is 327. The lowest BCUT2D eigenvalue weighted by Crippen LogP contribution is -2.08. The van der Waals surface area contributed by atoms with Crippen LogP contribution in [0.2, 0.25) is 0 Å². The molecule has 0 fully saturated rings. The quantitative estimate of drug-likeness (QED) is 0.639. The highest BCUT2D eigenvalue weighted by molar-refractivity contribution is 5.27. The van der Waals surface area contributed by atoms with E-state index in [1.165, 1.54) is 5.56 Å². The Hall–Kier alpha value is -1.02. The lowest BCUT2D eigenvalue weighted by Gasteiger charge is -2.10. The Morgan fingerprint density at radius 3 is 1.59 bits per heavy atom. The van der Waals surface area contributed by atoms with Crippen LogP contribution >= 0.6 is 0 Å². The molecular formula is C20H36O2. The van der Waals surface area contributed by atoms with Gasteiger partial charge < -0.3 is 9.47 Å². The molecule has 0 spiro atoms. The maximum atomic E-state index is 5.57. The number of rotatable bonds is 7. The largest absolute Gasteiger partial charge is 0.491 e. The van der Waals surface area contributed by atoms with Crippen LogP contribution in [0.25, 0.3) is 0 Å². The molecule has 0 radical (unpaired) electrons. The summed E-state index contributed by atoms with van der Waals surface area (Å²) in [5.74, 6) is 2.34. The highest BCUT2D eigenvalue weighted by atomic mass is 16.5. The van der Waals surface area contributed by atoms with Crippen LogP contribution in [0.15, 0.2) is 24.3 Å². The predicted octanol–water partition coefficient (Wildman–Crippen LogP) is 5.74. The van der Waals surface area contributed by atoms with Gasteiger partial charge in [0.1, 0.15) is 5.75 Å². The Kier molecular flexibility index (Phi) is 11.0. The first-order valence-corrected chi connectivity index (χ1v) is 8.57. The first kappa shape index (κ1) is 21.0. The highest BCUT2D eigenvalue weighted by Gasteiger charge is 2.00. The first-order chi connectivity index (χ1) is 10.2. The van der Waals surface area contributed by atoms with Crippen molar-refractivity contribution in [3.63, 3.8) is 0 Å². The zero-order valence-electron chi connectivity index (χ0n) is 15.8. The third-order valence-electron chi connectivity index (χ3n) is 2.70. The van der Waals surface area contributed by atoms with Crippen LogP contribution in [0.3, 0.4) is 0 Å². The van der Waals surface area contributed by atoms with Gasteiger partial charge in [-0.25, -0.2) is 0 Å². The summed E-state index contributed by atoms with van der Waals surface area (Å²) in [7, 11) is 0. The van der Waals surface area contributed by atoms with Crippen LogP contribution < -0.4 is 4.74 Å². The monoisotopic (exact) mass is 308 g/mol. The van der Waals surface area contributed by atoms with Gasteiger partial charge in [-0.15, -0.1) is 0 Å². The molecule has 2 heteroatoms. The van der Waals surface area contributed by atoms with Gasteiger partial charge in [-0.05, 0) is 63.6 Å². The van der Waals surface area contributed by atoms with Gasteiger partial charge in [0.25, 0.3) is 0 Å². The smallest absolute Gasteiger partial charge is 0.119 e. The molecule has 0 N–H and O–H groups in total. The SMILES string of the molecule is CC(C)COC(C)C.CC(C)Cc1ccc(OC(C)C)cc1. The lowest BCUT2D eigenvalue weighted by molar-refractivity contribution is 0.0593. The summed E-state index contributed by atoms with van der Waals surface area (Å²) < 4.78 is 10.9. The summed E-state index contributed by atoms with van der Waals surface area (Å²) in [6.07, 6.45) is 1.78. The van der Waals surface area contributed by atoms with Crippen molar-refractivity contribution in [3.05, 3.63) is 29.8 Å². The van der Waals surface area contributed by atoms with Crippen LogP contribution in [0, 0.1) is 11.8 Å². The number of ether oxygens (including phenoxy) is 2. The molecule has 1 rings (SSSR count). The van der Waals surface area contributed by atoms with Gasteiger partial charge in [-0.1, -0.05) is 39.8 Å². The fraction of sp³-hybridized carbons (Fsp3) is 0.700. The molecule has 1 aromatic rings. The Morgan fingerprint density at radius 1 is 0.727 bits per heavy atom. The standard InChI is InChI=1S/C13H20O.C7H16O/c1-10(2)9-12-5-7-13(8-6-12)14-11(3)4;1-6(2)5-8-7(3)4/h5-8,10-11H,9H2,1-4H3;6-7H,5H2,1-4H3. The van der Waals surface area contributed by atoms with Gasteiger partial charge in [0.15, 0.2) is 0 Å². The summed E-state index contributed by atoms with van der Waals surface area (Å²) in [5.41, 5.74) is 1.39. The molecule has 128 valence electrons. The summed E-state index contributed by atoms with van der Waals surface area (Å²) in [6.45, 7) is 17.9. The number of hydrogen-bond donors (Lipinski definition) is 0. The molecule has 0 unspecified atom stereocenters. The average molecular weight is 309 g/mol. The maximum absolute atomic E-state index is 5.57. The molecule has 0 saturated heterocycles. The topological polar surface area (TPSA) is 18.5 Å². The van der Waals surface area contributed by atoms with Crippen LogP contribution in [0.1, 0.15) is 61.0 Å². The molecule has 0 saturated carbocycles. The highest BCUT2D eigenvalue weighted by Crippen LogP contribution is 2.15. The van der Waals surface area contributed by atoms with E-state index in [0.717, 1.165) is 18.8 Å². The molecular weight excluding hydrogens is 272 g/mol.